The van der Waals surface area contributed by atoms with Gasteiger partial charge >= 0.3 is 0 Å². The van der Waals surface area contributed by atoms with Crippen LogP contribution in [0.1, 0.15) is 18.1 Å². The molecule has 106 valence electrons. The first-order chi connectivity index (χ1) is 9.69. The van der Waals surface area contributed by atoms with Crippen molar-refractivity contribution >= 4 is 0 Å². The standard InChI is InChI=1S/C16H17F2NO/c1-2-19-10-12-4-3-5-13(8-12)11-20-16-9-14(17)6-7-15(16)18/h3-9,19H,2,10-11H2,1H3. The Morgan fingerprint density at radius 1 is 1.05 bits per heavy atom. The minimum atomic E-state index is -0.560. The zero-order valence-electron chi connectivity index (χ0n) is 11.3. The number of benzene rings is 2. The van der Waals surface area contributed by atoms with E-state index in [4.69, 9.17) is 4.74 Å². The first-order valence-electron chi connectivity index (χ1n) is 6.55. The Morgan fingerprint density at radius 2 is 1.85 bits per heavy atom. The van der Waals surface area contributed by atoms with Gasteiger partial charge in [0.25, 0.3) is 0 Å². The van der Waals surface area contributed by atoms with Crippen molar-refractivity contribution in [3.05, 3.63) is 65.2 Å². The molecule has 2 rings (SSSR count). The number of halogens is 2. The van der Waals surface area contributed by atoms with E-state index in [1.807, 2.05) is 31.2 Å². The van der Waals surface area contributed by atoms with E-state index in [0.29, 0.717) is 0 Å². The third-order valence-electron chi connectivity index (χ3n) is 2.86. The number of hydrogen-bond acceptors (Lipinski definition) is 2. The molecule has 0 aliphatic carbocycles. The van der Waals surface area contributed by atoms with Crippen LogP contribution in [0.5, 0.6) is 5.75 Å². The van der Waals surface area contributed by atoms with Gasteiger partial charge in [0.2, 0.25) is 0 Å². The van der Waals surface area contributed by atoms with E-state index in [9.17, 15) is 8.78 Å². The van der Waals surface area contributed by atoms with Crippen LogP contribution in [0.15, 0.2) is 42.5 Å². The highest BCUT2D eigenvalue weighted by atomic mass is 19.1. The lowest BCUT2D eigenvalue weighted by Crippen LogP contribution is -2.11. The lowest BCUT2D eigenvalue weighted by Gasteiger charge is -2.09. The van der Waals surface area contributed by atoms with Crippen LogP contribution in [-0.2, 0) is 13.2 Å². The average Bonchev–Trinajstić information content (AvgIpc) is 2.46. The molecule has 2 aromatic carbocycles. The first-order valence-corrected chi connectivity index (χ1v) is 6.55. The van der Waals surface area contributed by atoms with E-state index < -0.39 is 11.6 Å². The summed E-state index contributed by atoms with van der Waals surface area (Å²) in [6.07, 6.45) is 0. The second-order valence-electron chi connectivity index (χ2n) is 4.46. The molecule has 2 nitrogen and oxygen atoms in total. The van der Waals surface area contributed by atoms with E-state index in [0.717, 1.165) is 42.4 Å². The van der Waals surface area contributed by atoms with Gasteiger partial charge in [-0.25, -0.2) is 8.78 Å². The fourth-order valence-corrected chi connectivity index (χ4v) is 1.85. The van der Waals surface area contributed by atoms with E-state index >= 15 is 0 Å². The molecule has 20 heavy (non-hydrogen) atoms. The average molecular weight is 277 g/mol. The summed E-state index contributed by atoms with van der Waals surface area (Å²) in [5.41, 5.74) is 2.05. The molecule has 0 aliphatic heterocycles. The summed E-state index contributed by atoms with van der Waals surface area (Å²) in [7, 11) is 0. The molecule has 0 aromatic heterocycles. The van der Waals surface area contributed by atoms with Crippen LogP contribution < -0.4 is 10.1 Å². The number of rotatable bonds is 6. The van der Waals surface area contributed by atoms with Crippen molar-refractivity contribution in [1.29, 1.82) is 0 Å². The highest BCUT2D eigenvalue weighted by Gasteiger charge is 2.05. The summed E-state index contributed by atoms with van der Waals surface area (Å²) < 4.78 is 31.8. The molecule has 0 radical (unpaired) electrons. The second kappa shape index (κ2) is 7.01. The predicted octanol–water partition coefficient (Wildman–Crippen LogP) is 3.65. The summed E-state index contributed by atoms with van der Waals surface area (Å²) >= 11 is 0. The van der Waals surface area contributed by atoms with Crippen LogP contribution in [0.2, 0.25) is 0 Å². The van der Waals surface area contributed by atoms with E-state index in [2.05, 4.69) is 5.32 Å². The maximum absolute atomic E-state index is 13.4. The van der Waals surface area contributed by atoms with Gasteiger partial charge in [0.1, 0.15) is 12.4 Å². The summed E-state index contributed by atoms with van der Waals surface area (Å²) in [5, 5.41) is 3.23. The highest BCUT2D eigenvalue weighted by molar-refractivity contribution is 5.27. The van der Waals surface area contributed by atoms with Crippen LogP contribution in [-0.4, -0.2) is 6.54 Å². The lowest BCUT2D eigenvalue weighted by molar-refractivity contribution is 0.288. The SMILES string of the molecule is CCNCc1cccc(COc2cc(F)ccc2F)c1. The van der Waals surface area contributed by atoms with E-state index in [1.54, 1.807) is 0 Å². The number of nitrogens with one attached hydrogen (secondary N) is 1. The van der Waals surface area contributed by atoms with Gasteiger partial charge < -0.3 is 10.1 Å². The fraction of sp³-hybridized carbons (Fsp3) is 0.250. The molecule has 0 bridgehead atoms. The summed E-state index contributed by atoms with van der Waals surface area (Å²) in [6, 6.07) is 11.0. The molecule has 0 saturated carbocycles. The quantitative estimate of drug-likeness (QED) is 0.870. The first kappa shape index (κ1) is 14.5. The highest BCUT2D eigenvalue weighted by Crippen LogP contribution is 2.19. The Kier molecular flexibility index (Phi) is 5.07. The molecular weight excluding hydrogens is 260 g/mol. The maximum atomic E-state index is 13.4. The molecule has 2 aromatic rings. The zero-order chi connectivity index (χ0) is 14.4. The summed E-state index contributed by atoms with van der Waals surface area (Å²) in [5.74, 6) is -1.14. The Morgan fingerprint density at radius 3 is 2.65 bits per heavy atom. The molecule has 0 saturated heterocycles. The van der Waals surface area contributed by atoms with E-state index in [1.165, 1.54) is 0 Å². The van der Waals surface area contributed by atoms with Crippen molar-refractivity contribution in [2.24, 2.45) is 0 Å². The van der Waals surface area contributed by atoms with Crippen molar-refractivity contribution < 1.29 is 13.5 Å². The van der Waals surface area contributed by atoms with Gasteiger partial charge in [-0.1, -0.05) is 31.2 Å². The van der Waals surface area contributed by atoms with Crippen molar-refractivity contribution in [1.82, 2.24) is 5.32 Å². The predicted molar refractivity (Wildman–Crippen MR) is 74.5 cm³/mol. The van der Waals surface area contributed by atoms with Gasteiger partial charge in [-0.15, -0.1) is 0 Å². The van der Waals surface area contributed by atoms with Crippen LogP contribution in [0.3, 0.4) is 0 Å². The Bertz CT molecular complexity index is 572. The van der Waals surface area contributed by atoms with Crippen LogP contribution in [0.4, 0.5) is 8.78 Å². The number of hydrogen-bond donors (Lipinski definition) is 1. The monoisotopic (exact) mass is 277 g/mol. The Balaban J connectivity index is 2.01. The largest absolute Gasteiger partial charge is 0.486 e. The molecule has 0 aliphatic rings. The topological polar surface area (TPSA) is 21.3 Å². The van der Waals surface area contributed by atoms with Gasteiger partial charge in [-0.3, -0.25) is 0 Å². The third-order valence-corrected chi connectivity index (χ3v) is 2.86. The normalized spacial score (nSPS) is 10.6. The fourth-order valence-electron chi connectivity index (χ4n) is 1.85. The van der Waals surface area contributed by atoms with E-state index in [-0.39, 0.29) is 12.4 Å². The van der Waals surface area contributed by atoms with Gasteiger partial charge in [0, 0.05) is 12.6 Å². The second-order valence-corrected chi connectivity index (χ2v) is 4.46. The van der Waals surface area contributed by atoms with Crippen LogP contribution in [0, 0.1) is 11.6 Å². The molecule has 0 heterocycles. The molecule has 4 heteroatoms. The minimum Gasteiger partial charge on any atom is -0.486 e. The van der Waals surface area contributed by atoms with Crippen LogP contribution in [0.25, 0.3) is 0 Å². The Labute approximate surface area is 117 Å². The molecule has 0 atom stereocenters. The van der Waals surface area contributed by atoms with Gasteiger partial charge in [0.15, 0.2) is 11.6 Å². The van der Waals surface area contributed by atoms with Crippen molar-refractivity contribution in [2.45, 2.75) is 20.1 Å². The Hall–Kier alpha value is -1.94. The smallest absolute Gasteiger partial charge is 0.165 e. The zero-order valence-corrected chi connectivity index (χ0v) is 11.3. The van der Waals surface area contributed by atoms with Crippen molar-refractivity contribution in [3.8, 4) is 5.75 Å². The third kappa shape index (κ3) is 4.03. The molecule has 0 spiro atoms. The van der Waals surface area contributed by atoms with Gasteiger partial charge in [0.05, 0.1) is 0 Å². The minimum absolute atomic E-state index is 0.0675. The lowest BCUT2D eigenvalue weighted by atomic mass is 10.1. The van der Waals surface area contributed by atoms with Crippen molar-refractivity contribution in [3.63, 3.8) is 0 Å². The van der Waals surface area contributed by atoms with Crippen LogP contribution >= 0.6 is 0 Å². The maximum Gasteiger partial charge on any atom is 0.165 e. The number of ether oxygens (including phenoxy) is 1. The summed E-state index contributed by atoms with van der Waals surface area (Å²) in [6.45, 7) is 3.92. The van der Waals surface area contributed by atoms with Gasteiger partial charge in [-0.2, -0.15) is 0 Å². The molecule has 0 fully saturated rings. The molecular formula is C16H17F2NO. The summed E-state index contributed by atoms with van der Waals surface area (Å²) in [4.78, 5) is 0. The molecule has 0 unspecified atom stereocenters. The molecule has 0 amide bonds. The van der Waals surface area contributed by atoms with Gasteiger partial charge in [-0.05, 0) is 29.8 Å². The molecule has 1 N–H and O–H groups in total. The van der Waals surface area contributed by atoms with Crippen molar-refractivity contribution in [2.75, 3.05) is 6.54 Å².